The first-order valence-electron chi connectivity index (χ1n) is 11.7. The lowest BCUT2D eigenvalue weighted by Gasteiger charge is -2.22. The number of aromatic nitrogens is 2. The second kappa shape index (κ2) is 11.3. The van der Waals surface area contributed by atoms with Gasteiger partial charge in [0.1, 0.15) is 23.9 Å². The number of rotatable bonds is 10. The molecule has 0 saturated carbocycles. The minimum Gasteiger partial charge on any atom is -0.507 e. The predicted molar refractivity (Wildman–Crippen MR) is 139 cm³/mol. The van der Waals surface area contributed by atoms with Crippen LogP contribution < -0.4 is 25.2 Å². The van der Waals surface area contributed by atoms with Crippen LogP contribution in [0.15, 0.2) is 45.6 Å². The van der Waals surface area contributed by atoms with E-state index >= 15 is 0 Å². The number of anilines is 1. The lowest BCUT2D eigenvalue weighted by atomic mass is 9.87. The number of hydrogen-bond acceptors (Lipinski definition) is 9. The van der Waals surface area contributed by atoms with Gasteiger partial charge >= 0.3 is 5.63 Å². The highest BCUT2D eigenvalue weighted by atomic mass is 16.5. The number of H-pyrrole nitrogens is 1. The number of carbonyl (C=O) groups excluding carboxylic acids is 1. The minimum absolute atomic E-state index is 0.0792. The first-order chi connectivity index (χ1) is 18.3. The molecule has 4 aromatic rings. The van der Waals surface area contributed by atoms with Gasteiger partial charge in [0.15, 0.2) is 11.5 Å². The normalized spacial score (nSPS) is 11.8. The Kier molecular flexibility index (Phi) is 7.87. The molecule has 0 saturated heterocycles. The predicted octanol–water partition coefficient (Wildman–Crippen LogP) is 3.86. The van der Waals surface area contributed by atoms with E-state index in [1.54, 1.807) is 44.4 Å². The van der Waals surface area contributed by atoms with Crippen molar-refractivity contribution in [3.63, 3.8) is 0 Å². The molecule has 11 heteroatoms. The summed E-state index contributed by atoms with van der Waals surface area (Å²) in [5.41, 5.74) is 1.56. The molecule has 38 heavy (non-hydrogen) atoms. The summed E-state index contributed by atoms with van der Waals surface area (Å²) in [5, 5.41) is 13.6. The maximum atomic E-state index is 13.3. The largest absolute Gasteiger partial charge is 0.507 e. The lowest BCUT2D eigenvalue weighted by molar-refractivity contribution is -0.116. The number of imidazole rings is 1. The molecular formula is C27H29N3O8. The molecule has 0 aliphatic rings. The average molecular weight is 524 g/mol. The second-order valence-electron chi connectivity index (χ2n) is 8.52. The van der Waals surface area contributed by atoms with Crippen LogP contribution in [0, 0.1) is 6.92 Å². The van der Waals surface area contributed by atoms with Gasteiger partial charge in [-0.3, -0.25) is 4.79 Å². The Morgan fingerprint density at radius 2 is 1.84 bits per heavy atom. The Morgan fingerprint density at radius 1 is 1.08 bits per heavy atom. The van der Waals surface area contributed by atoms with Crippen LogP contribution >= 0.6 is 0 Å². The van der Waals surface area contributed by atoms with E-state index in [-0.39, 0.29) is 35.0 Å². The molecule has 1 amide bonds. The standard InChI is InChI=1S/C27H29N3O8/c1-14-10-20(31)24(27(33)38-14)17(16-7-9-21(35-3)26(37-5)25(16)36-4)12-23(32)28-15-6-8-18-19(11-15)30-22(29-18)13-34-2/h6-11,17,31H,12-13H2,1-5H3,(H,28,32)(H,29,30)/t17-/m0/s1. The second-order valence-corrected chi connectivity index (χ2v) is 8.52. The van der Waals surface area contributed by atoms with Gasteiger partial charge in [-0.2, -0.15) is 0 Å². The molecule has 0 unspecified atom stereocenters. The molecule has 2 aromatic carbocycles. The van der Waals surface area contributed by atoms with E-state index in [9.17, 15) is 14.7 Å². The van der Waals surface area contributed by atoms with Crippen molar-refractivity contribution in [2.45, 2.75) is 25.9 Å². The summed E-state index contributed by atoms with van der Waals surface area (Å²) < 4.78 is 26.9. The monoisotopic (exact) mass is 523 g/mol. The Bertz CT molecular complexity index is 1530. The van der Waals surface area contributed by atoms with E-state index in [0.717, 1.165) is 11.0 Å². The van der Waals surface area contributed by atoms with E-state index in [2.05, 4.69) is 15.3 Å². The highest BCUT2D eigenvalue weighted by molar-refractivity contribution is 5.94. The summed E-state index contributed by atoms with van der Waals surface area (Å²) in [6, 6.07) is 9.88. The first-order valence-corrected chi connectivity index (χ1v) is 11.7. The van der Waals surface area contributed by atoms with Gasteiger partial charge in [-0.25, -0.2) is 9.78 Å². The fraction of sp³-hybridized carbons (Fsp3) is 0.296. The summed E-state index contributed by atoms with van der Waals surface area (Å²) >= 11 is 0. The topological polar surface area (TPSA) is 145 Å². The zero-order valence-electron chi connectivity index (χ0n) is 21.7. The van der Waals surface area contributed by atoms with Crippen molar-refractivity contribution >= 4 is 22.6 Å². The summed E-state index contributed by atoms with van der Waals surface area (Å²) in [5.74, 6) is 0.190. The molecule has 2 aromatic heterocycles. The average Bonchev–Trinajstić information content (AvgIpc) is 3.28. The number of aryl methyl sites for hydroxylation is 1. The van der Waals surface area contributed by atoms with Gasteiger partial charge in [0.05, 0.1) is 37.9 Å². The molecule has 1 atom stereocenters. The number of carbonyl (C=O) groups is 1. The number of nitrogens with zero attached hydrogens (tertiary/aromatic N) is 1. The number of hydrogen-bond donors (Lipinski definition) is 3. The van der Waals surface area contributed by atoms with E-state index in [1.807, 2.05) is 0 Å². The van der Waals surface area contributed by atoms with E-state index in [4.69, 9.17) is 23.4 Å². The number of fused-ring (bicyclic) bond motifs is 1. The van der Waals surface area contributed by atoms with Crippen molar-refractivity contribution in [1.82, 2.24) is 9.97 Å². The molecular weight excluding hydrogens is 494 g/mol. The van der Waals surface area contributed by atoms with Crippen LogP contribution in [0.25, 0.3) is 11.0 Å². The molecule has 0 spiro atoms. The fourth-order valence-electron chi connectivity index (χ4n) is 4.44. The molecule has 11 nitrogen and oxygen atoms in total. The quantitative estimate of drug-likeness (QED) is 0.282. The summed E-state index contributed by atoms with van der Waals surface area (Å²) in [6.07, 6.45) is -0.219. The van der Waals surface area contributed by atoms with Crippen molar-refractivity contribution in [2.75, 3.05) is 33.8 Å². The third kappa shape index (κ3) is 5.28. The molecule has 4 rings (SSSR count). The molecule has 0 fully saturated rings. The van der Waals surface area contributed by atoms with Crippen LogP contribution in [0.5, 0.6) is 23.0 Å². The Labute approximate surface area is 218 Å². The zero-order valence-corrected chi connectivity index (χ0v) is 21.7. The Balaban J connectivity index is 1.74. The number of amides is 1. The van der Waals surface area contributed by atoms with Crippen molar-refractivity contribution in [1.29, 1.82) is 0 Å². The molecule has 0 radical (unpaired) electrons. The maximum Gasteiger partial charge on any atom is 0.343 e. The first kappa shape index (κ1) is 26.6. The molecule has 3 N–H and O–H groups in total. The lowest BCUT2D eigenvalue weighted by Crippen LogP contribution is -2.21. The van der Waals surface area contributed by atoms with Gasteiger partial charge in [-0.15, -0.1) is 0 Å². The number of aromatic amines is 1. The van der Waals surface area contributed by atoms with Gasteiger partial charge in [-0.1, -0.05) is 6.07 Å². The van der Waals surface area contributed by atoms with Crippen molar-refractivity contribution < 1.29 is 33.3 Å². The van der Waals surface area contributed by atoms with Crippen LogP contribution in [0.2, 0.25) is 0 Å². The van der Waals surface area contributed by atoms with Crippen LogP contribution in [-0.4, -0.2) is 49.4 Å². The fourth-order valence-corrected chi connectivity index (χ4v) is 4.44. The smallest absolute Gasteiger partial charge is 0.343 e. The van der Waals surface area contributed by atoms with Crippen LogP contribution in [-0.2, 0) is 16.1 Å². The number of aromatic hydroxyl groups is 1. The van der Waals surface area contributed by atoms with E-state index < -0.39 is 17.5 Å². The number of methoxy groups -OCH3 is 4. The van der Waals surface area contributed by atoms with E-state index in [1.165, 1.54) is 27.4 Å². The number of benzene rings is 2. The molecule has 0 aliphatic carbocycles. The van der Waals surface area contributed by atoms with Crippen LogP contribution in [0.4, 0.5) is 5.69 Å². The van der Waals surface area contributed by atoms with Crippen molar-refractivity contribution in [2.24, 2.45) is 0 Å². The number of ether oxygens (including phenoxy) is 4. The van der Waals surface area contributed by atoms with Gasteiger partial charge in [-0.05, 0) is 31.2 Å². The number of nitrogens with one attached hydrogen (secondary N) is 2. The van der Waals surface area contributed by atoms with Crippen LogP contribution in [0.1, 0.15) is 35.1 Å². The molecule has 2 heterocycles. The van der Waals surface area contributed by atoms with Gasteiger partial charge < -0.3 is 38.8 Å². The maximum absolute atomic E-state index is 13.3. The van der Waals surface area contributed by atoms with Crippen molar-refractivity contribution in [3.05, 3.63) is 69.5 Å². The van der Waals surface area contributed by atoms with Crippen molar-refractivity contribution in [3.8, 4) is 23.0 Å². The molecule has 0 aliphatic heterocycles. The molecule has 0 bridgehead atoms. The summed E-state index contributed by atoms with van der Waals surface area (Å²) in [6.45, 7) is 1.88. The highest BCUT2D eigenvalue weighted by Crippen LogP contribution is 2.46. The van der Waals surface area contributed by atoms with Gasteiger partial charge in [0.2, 0.25) is 11.7 Å². The van der Waals surface area contributed by atoms with Crippen LogP contribution in [0.3, 0.4) is 0 Å². The third-order valence-electron chi connectivity index (χ3n) is 6.03. The third-order valence-corrected chi connectivity index (χ3v) is 6.03. The molecule has 200 valence electrons. The van der Waals surface area contributed by atoms with Gasteiger partial charge in [0, 0.05) is 36.8 Å². The zero-order chi connectivity index (χ0) is 27.4. The summed E-state index contributed by atoms with van der Waals surface area (Å²) in [4.78, 5) is 33.8. The highest BCUT2D eigenvalue weighted by Gasteiger charge is 2.30. The summed E-state index contributed by atoms with van der Waals surface area (Å²) in [7, 11) is 5.95. The Hall–Kier alpha value is -4.51. The Morgan fingerprint density at radius 3 is 2.50 bits per heavy atom. The van der Waals surface area contributed by atoms with Gasteiger partial charge in [0.25, 0.3) is 0 Å². The van der Waals surface area contributed by atoms with E-state index in [0.29, 0.717) is 29.4 Å². The minimum atomic E-state index is -0.939. The SMILES string of the molecule is COCc1nc2ccc(NC(=O)C[C@@H](c3ccc(OC)c(OC)c3OC)c3c(O)cc(C)oc3=O)cc2[nH]1.